The maximum absolute atomic E-state index is 5.73. The van der Waals surface area contributed by atoms with Gasteiger partial charge in [0.2, 0.25) is 0 Å². The van der Waals surface area contributed by atoms with E-state index in [1.165, 1.54) is 37.2 Å². The monoisotopic (exact) mass is 272 g/mol. The molecule has 3 aliphatic heterocycles. The maximum Gasteiger partial charge on any atom is 0.0723 e. The quantitative estimate of drug-likeness (QED) is 0.845. The average Bonchev–Trinajstić information content (AvgIpc) is 2.90. The van der Waals surface area contributed by atoms with E-state index in [9.17, 15) is 0 Å². The summed E-state index contributed by atoms with van der Waals surface area (Å²) in [7, 11) is 0. The Morgan fingerprint density at radius 3 is 3.15 bits per heavy atom. The predicted octanol–water partition coefficient (Wildman–Crippen LogP) is 1.91. The Bertz CT molecular complexity index is 488. The summed E-state index contributed by atoms with van der Waals surface area (Å²) in [5.74, 6) is 0.725. The Kier molecular flexibility index (Phi) is 3.29. The van der Waals surface area contributed by atoms with E-state index < -0.39 is 0 Å². The number of piperazine rings is 1. The second kappa shape index (κ2) is 5.14. The molecule has 1 unspecified atom stereocenters. The molecule has 3 nitrogen and oxygen atoms in total. The molecule has 2 fully saturated rings. The largest absolute Gasteiger partial charge is 0.373 e. The number of nitrogens with zero attached hydrogens (tertiary/aromatic N) is 1. The van der Waals surface area contributed by atoms with Crippen molar-refractivity contribution in [2.45, 2.75) is 44.4 Å². The Morgan fingerprint density at radius 2 is 2.25 bits per heavy atom. The van der Waals surface area contributed by atoms with Crippen LogP contribution in [0.25, 0.3) is 0 Å². The van der Waals surface area contributed by atoms with E-state index in [-0.39, 0.29) is 0 Å². The molecule has 2 saturated heterocycles. The van der Waals surface area contributed by atoms with Crippen LogP contribution in [0.4, 0.5) is 0 Å². The molecule has 4 rings (SSSR count). The summed E-state index contributed by atoms with van der Waals surface area (Å²) >= 11 is 0. The molecule has 3 heterocycles. The van der Waals surface area contributed by atoms with Crippen molar-refractivity contribution in [1.82, 2.24) is 10.2 Å². The van der Waals surface area contributed by atoms with Crippen molar-refractivity contribution >= 4 is 0 Å². The Hall–Kier alpha value is -0.900. The van der Waals surface area contributed by atoms with Gasteiger partial charge < -0.3 is 10.1 Å². The highest BCUT2D eigenvalue weighted by Crippen LogP contribution is 2.34. The van der Waals surface area contributed by atoms with Crippen LogP contribution in [-0.4, -0.2) is 43.2 Å². The number of benzene rings is 1. The maximum atomic E-state index is 5.73. The third-order valence-corrected chi connectivity index (χ3v) is 5.22. The number of ether oxygens (including phenoxy) is 1. The molecule has 20 heavy (non-hydrogen) atoms. The molecular weight excluding hydrogens is 248 g/mol. The van der Waals surface area contributed by atoms with Crippen molar-refractivity contribution in [2.75, 3.05) is 26.2 Å². The second-order valence-corrected chi connectivity index (χ2v) is 6.64. The van der Waals surface area contributed by atoms with Crippen molar-refractivity contribution in [2.24, 2.45) is 0 Å². The molecule has 1 N–H and O–H groups in total. The van der Waals surface area contributed by atoms with E-state index >= 15 is 0 Å². The zero-order valence-corrected chi connectivity index (χ0v) is 12.3. The van der Waals surface area contributed by atoms with Crippen LogP contribution in [0.3, 0.4) is 0 Å². The highest BCUT2D eigenvalue weighted by molar-refractivity contribution is 5.36. The van der Waals surface area contributed by atoms with Gasteiger partial charge >= 0.3 is 0 Å². The highest BCUT2D eigenvalue weighted by Gasteiger charge is 2.34. The van der Waals surface area contributed by atoms with Gasteiger partial charge in [0.15, 0.2) is 0 Å². The summed E-state index contributed by atoms with van der Waals surface area (Å²) in [4.78, 5) is 2.67. The molecule has 0 bridgehead atoms. The van der Waals surface area contributed by atoms with Gasteiger partial charge in [0.1, 0.15) is 0 Å². The van der Waals surface area contributed by atoms with Crippen LogP contribution >= 0.6 is 0 Å². The van der Waals surface area contributed by atoms with Crippen molar-refractivity contribution in [3.8, 4) is 0 Å². The van der Waals surface area contributed by atoms with Crippen LogP contribution in [0, 0.1) is 0 Å². The molecule has 0 aromatic heterocycles. The van der Waals surface area contributed by atoms with Gasteiger partial charge in [0.25, 0.3) is 0 Å². The summed E-state index contributed by atoms with van der Waals surface area (Å²) in [6, 6.07) is 7.86. The first-order valence-corrected chi connectivity index (χ1v) is 7.97. The molecule has 0 saturated carbocycles. The highest BCUT2D eigenvalue weighted by atomic mass is 16.5. The summed E-state index contributed by atoms with van der Waals surface area (Å²) in [5, 5.41) is 3.53. The second-order valence-electron chi connectivity index (χ2n) is 6.64. The van der Waals surface area contributed by atoms with Gasteiger partial charge in [-0.3, -0.25) is 4.90 Å². The zero-order valence-electron chi connectivity index (χ0n) is 12.3. The third-order valence-electron chi connectivity index (χ3n) is 5.22. The lowest BCUT2D eigenvalue weighted by Crippen LogP contribution is -2.47. The van der Waals surface area contributed by atoms with Crippen molar-refractivity contribution in [3.63, 3.8) is 0 Å². The van der Waals surface area contributed by atoms with Crippen molar-refractivity contribution in [1.29, 1.82) is 0 Å². The normalized spacial score (nSPS) is 33.8. The van der Waals surface area contributed by atoms with Crippen LogP contribution < -0.4 is 5.32 Å². The fourth-order valence-corrected chi connectivity index (χ4v) is 4.03. The van der Waals surface area contributed by atoms with Crippen LogP contribution in [0.1, 0.15) is 36.0 Å². The molecule has 0 spiro atoms. The molecule has 3 aliphatic rings. The molecule has 108 valence electrons. The molecule has 1 aromatic carbocycles. The van der Waals surface area contributed by atoms with Crippen LogP contribution in [-0.2, 0) is 17.8 Å². The molecule has 0 amide bonds. The SMILES string of the molecule is C[C@@H]1Cc2cc(C3C[C@H]4CNCCN4C3)ccc2CO1. The summed E-state index contributed by atoms with van der Waals surface area (Å²) in [5.41, 5.74) is 4.46. The Balaban J connectivity index is 1.55. The minimum absolute atomic E-state index is 0.372. The lowest BCUT2D eigenvalue weighted by molar-refractivity contribution is 0.0410. The number of fused-ring (bicyclic) bond motifs is 2. The Morgan fingerprint density at radius 1 is 1.30 bits per heavy atom. The molecular formula is C17H24N2O. The van der Waals surface area contributed by atoms with E-state index in [1.54, 1.807) is 5.56 Å². The van der Waals surface area contributed by atoms with Crippen LogP contribution in [0.15, 0.2) is 18.2 Å². The topological polar surface area (TPSA) is 24.5 Å². The van der Waals surface area contributed by atoms with E-state index in [0.717, 1.165) is 31.5 Å². The lowest BCUT2D eigenvalue weighted by Gasteiger charge is -2.29. The minimum Gasteiger partial charge on any atom is -0.373 e. The zero-order chi connectivity index (χ0) is 13.5. The van der Waals surface area contributed by atoms with E-state index in [2.05, 4.69) is 35.3 Å². The summed E-state index contributed by atoms with van der Waals surface area (Å²) < 4.78 is 5.73. The first-order valence-electron chi connectivity index (χ1n) is 7.97. The van der Waals surface area contributed by atoms with Gasteiger partial charge in [-0.15, -0.1) is 0 Å². The van der Waals surface area contributed by atoms with Crippen LogP contribution in [0.2, 0.25) is 0 Å². The average molecular weight is 272 g/mol. The smallest absolute Gasteiger partial charge is 0.0723 e. The molecule has 3 atom stereocenters. The fraction of sp³-hybridized carbons (Fsp3) is 0.647. The van der Waals surface area contributed by atoms with Gasteiger partial charge in [0, 0.05) is 32.2 Å². The first kappa shape index (κ1) is 12.8. The first-order chi connectivity index (χ1) is 9.79. The van der Waals surface area contributed by atoms with Gasteiger partial charge in [-0.1, -0.05) is 18.2 Å². The van der Waals surface area contributed by atoms with Gasteiger partial charge in [-0.25, -0.2) is 0 Å². The predicted molar refractivity (Wildman–Crippen MR) is 80.0 cm³/mol. The summed E-state index contributed by atoms with van der Waals surface area (Å²) in [6.07, 6.45) is 2.76. The Labute approximate surface area is 121 Å². The standard InChI is InChI=1S/C17H24N2O/c1-12-6-15-7-13(2-3-14(15)11-20-12)16-8-17-9-18-4-5-19(17)10-16/h2-3,7,12,16-18H,4-6,8-11H2,1H3/t12-,16?,17+/m1/s1. The van der Waals surface area contributed by atoms with Gasteiger partial charge in [-0.2, -0.15) is 0 Å². The number of hydrogen-bond donors (Lipinski definition) is 1. The lowest BCUT2D eigenvalue weighted by atomic mass is 9.90. The van der Waals surface area contributed by atoms with Gasteiger partial charge in [-0.05, 0) is 42.4 Å². The fourth-order valence-electron chi connectivity index (χ4n) is 4.03. The molecule has 0 radical (unpaired) electrons. The van der Waals surface area contributed by atoms with Crippen LogP contribution in [0.5, 0.6) is 0 Å². The summed E-state index contributed by atoms with van der Waals surface area (Å²) in [6.45, 7) is 7.76. The van der Waals surface area contributed by atoms with E-state index in [0.29, 0.717) is 6.10 Å². The third kappa shape index (κ3) is 2.28. The van der Waals surface area contributed by atoms with Crippen molar-refractivity contribution < 1.29 is 4.74 Å². The molecule has 0 aliphatic carbocycles. The van der Waals surface area contributed by atoms with Gasteiger partial charge in [0.05, 0.1) is 12.7 Å². The number of hydrogen-bond acceptors (Lipinski definition) is 3. The van der Waals surface area contributed by atoms with E-state index in [1.807, 2.05) is 0 Å². The molecule has 3 heteroatoms. The number of rotatable bonds is 1. The number of nitrogens with one attached hydrogen (secondary N) is 1. The van der Waals surface area contributed by atoms with E-state index in [4.69, 9.17) is 4.74 Å². The minimum atomic E-state index is 0.372. The molecule has 1 aromatic rings. The van der Waals surface area contributed by atoms with Crippen molar-refractivity contribution in [3.05, 3.63) is 34.9 Å².